The Bertz CT molecular complexity index is 839. The molecule has 1 unspecified atom stereocenters. The summed E-state index contributed by atoms with van der Waals surface area (Å²) in [6, 6.07) is 0. The molecule has 0 aromatic rings. The lowest BCUT2D eigenvalue weighted by atomic mass is 9.45. The summed E-state index contributed by atoms with van der Waals surface area (Å²) in [7, 11) is -1.78. The van der Waals surface area contributed by atoms with Crippen LogP contribution in [0.3, 0.4) is 0 Å². The van der Waals surface area contributed by atoms with Gasteiger partial charge in [-0.1, -0.05) is 59.6 Å². The fourth-order valence-electron chi connectivity index (χ4n) is 8.45. The molecule has 4 aliphatic carbocycles. The normalized spacial score (nSPS) is 41.9. The van der Waals surface area contributed by atoms with Gasteiger partial charge in [0.2, 0.25) is 0 Å². The van der Waals surface area contributed by atoms with Gasteiger partial charge in [0.1, 0.15) is 5.83 Å². The van der Waals surface area contributed by atoms with Crippen molar-refractivity contribution in [2.24, 2.45) is 34.5 Å². The lowest BCUT2D eigenvalue weighted by Gasteiger charge is -2.60. The molecule has 3 fully saturated rings. The van der Waals surface area contributed by atoms with Crippen LogP contribution in [-0.2, 0) is 4.43 Å². The van der Waals surface area contributed by atoms with Gasteiger partial charge in [-0.15, -0.1) is 0 Å². The van der Waals surface area contributed by atoms with Gasteiger partial charge in [0.05, 0.1) is 6.61 Å². The Labute approximate surface area is 209 Å². The largest absolute Gasteiger partial charge is 0.414 e. The van der Waals surface area contributed by atoms with Crippen molar-refractivity contribution in [2.75, 3.05) is 6.61 Å². The molecule has 0 aromatic heterocycles. The zero-order valence-corrected chi connectivity index (χ0v) is 24.3. The van der Waals surface area contributed by atoms with E-state index < -0.39 is 14.9 Å². The predicted octanol–water partition coefficient (Wildman–Crippen LogP) is 8.58. The molecular weight excluding hydrogens is 439 g/mol. The zero-order chi connectivity index (χ0) is 25.1. The van der Waals surface area contributed by atoms with Crippen molar-refractivity contribution >= 4 is 8.32 Å². The van der Waals surface area contributed by atoms with Gasteiger partial charge < -0.3 is 9.53 Å². The van der Waals surface area contributed by atoms with Crippen LogP contribution in [-0.4, -0.2) is 26.1 Å². The first kappa shape index (κ1) is 26.6. The number of allylic oxidation sites excluding steroid dienone is 2. The minimum absolute atomic E-state index is 0.0652. The molecule has 4 rings (SSSR count). The Morgan fingerprint density at radius 2 is 1.76 bits per heavy atom. The van der Waals surface area contributed by atoms with Crippen molar-refractivity contribution in [3.8, 4) is 0 Å². The fourth-order valence-corrected chi connectivity index (χ4v) is 9.84. The minimum Gasteiger partial charge on any atom is -0.414 e. The highest BCUT2D eigenvalue weighted by Gasteiger charge is 2.60. The van der Waals surface area contributed by atoms with Crippen molar-refractivity contribution in [3.05, 3.63) is 23.0 Å². The molecule has 7 atom stereocenters. The van der Waals surface area contributed by atoms with Gasteiger partial charge in [-0.25, -0.2) is 4.39 Å². The summed E-state index contributed by atoms with van der Waals surface area (Å²) in [5.41, 5.74) is 2.83. The highest BCUT2D eigenvalue weighted by molar-refractivity contribution is 6.74. The zero-order valence-electron chi connectivity index (χ0n) is 23.3. The SMILES string of the molecule is CCC[C@@H]1C=C2CC(O[Si](C)(C)C(C)(C)C)CC[C@]2(C)[C@H]2CC[C@]3(C)C(=C(F)CO)CC[C@H]3[C@H]12. The van der Waals surface area contributed by atoms with Gasteiger partial charge in [-0.05, 0) is 110 Å². The number of hydrogen-bond acceptors (Lipinski definition) is 2. The molecule has 4 heteroatoms. The molecule has 0 bridgehead atoms. The van der Waals surface area contributed by atoms with Crippen LogP contribution < -0.4 is 0 Å². The number of aliphatic hydroxyl groups excluding tert-OH is 1. The van der Waals surface area contributed by atoms with Gasteiger partial charge in [-0.2, -0.15) is 0 Å². The maximum absolute atomic E-state index is 14.7. The third-order valence-corrected chi connectivity index (χ3v) is 15.9. The molecule has 0 saturated heterocycles. The summed E-state index contributed by atoms with van der Waals surface area (Å²) in [5.74, 6) is 2.26. The first-order valence-corrected chi connectivity index (χ1v) is 17.1. The fraction of sp³-hybridized carbons (Fsp3) is 0.867. The van der Waals surface area contributed by atoms with E-state index in [2.05, 4.69) is 60.7 Å². The van der Waals surface area contributed by atoms with E-state index in [9.17, 15) is 9.50 Å². The van der Waals surface area contributed by atoms with E-state index in [1.165, 1.54) is 32.1 Å². The van der Waals surface area contributed by atoms with Crippen LogP contribution in [0.25, 0.3) is 0 Å². The Morgan fingerprint density at radius 1 is 1.12 bits per heavy atom. The Balaban J connectivity index is 1.65. The number of halogens is 1. The molecule has 0 aliphatic heterocycles. The summed E-state index contributed by atoms with van der Waals surface area (Å²) >= 11 is 0. The van der Waals surface area contributed by atoms with Crippen LogP contribution >= 0.6 is 0 Å². The van der Waals surface area contributed by atoms with Crippen molar-refractivity contribution in [3.63, 3.8) is 0 Å². The minimum atomic E-state index is -1.78. The van der Waals surface area contributed by atoms with E-state index in [-0.39, 0.29) is 21.7 Å². The highest BCUT2D eigenvalue weighted by atomic mass is 28.4. The quantitative estimate of drug-likeness (QED) is 0.309. The number of aliphatic hydroxyl groups is 1. The lowest BCUT2D eigenvalue weighted by Crippen LogP contribution is -2.53. The van der Waals surface area contributed by atoms with Crippen LogP contribution in [0.2, 0.25) is 18.1 Å². The molecular formula is C30H51FO2Si. The van der Waals surface area contributed by atoms with E-state index in [1.807, 2.05) is 0 Å². The van der Waals surface area contributed by atoms with Crippen molar-refractivity contribution in [2.45, 2.75) is 124 Å². The van der Waals surface area contributed by atoms with E-state index in [0.717, 1.165) is 31.3 Å². The van der Waals surface area contributed by atoms with Crippen molar-refractivity contribution in [1.82, 2.24) is 0 Å². The smallest absolute Gasteiger partial charge is 0.192 e. The van der Waals surface area contributed by atoms with Crippen LogP contribution in [0.1, 0.15) is 99.3 Å². The van der Waals surface area contributed by atoms with Crippen LogP contribution in [0.4, 0.5) is 4.39 Å². The maximum Gasteiger partial charge on any atom is 0.192 e. The van der Waals surface area contributed by atoms with E-state index in [1.54, 1.807) is 5.57 Å². The highest BCUT2D eigenvalue weighted by Crippen LogP contribution is 2.68. The molecule has 194 valence electrons. The van der Waals surface area contributed by atoms with Crippen molar-refractivity contribution < 1.29 is 13.9 Å². The van der Waals surface area contributed by atoms with Crippen LogP contribution in [0.15, 0.2) is 23.0 Å². The summed E-state index contributed by atoms with van der Waals surface area (Å²) < 4.78 is 21.7. The number of fused-ring (bicyclic) bond motifs is 5. The second kappa shape index (κ2) is 9.13. The van der Waals surface area contributed by atoms with Gasteiger partial charge in [-0.3, -0.25) is 0 Å². The molecule has 0 heterocycles. The lowest BCUT2D eigenvalue weighted by molar-refractivity contribution is -0.0497. The average molecular weight is 491 g/mol. The first-order chi connectivity index (χ1) is 15.8. The topological polar surface area (TPSA) is 29.5 Å². The van der Waals surface area contributed by atoms with Gasteiger partial charge in [0.25, 0.3) is 0 Å². The summed E-state index contributed by atoms with van der Waals surface area (Å²) in [5, 5.41) is 9.81. The van der Waals surface area contributed by atoms with Crippen molar-refractivity contribution in [1.29, 1.82) is 0 Å². The van der Waals surface area contributed by atoms with Gasteiger partial charge in [0, 0.05) is 6.10 Å². The van der Waals surface area contributed by atoms with E-state index >= 15 is 0 Å². The second-order valence-corrected chi connectivity index (χ2v) is 18.9. The predicted molar refractivity (Wildman–Crippen MR) is 143 cm³/mol. The average Bonchev–Trinajstić information content (AvgIpc) is 3.10. The Morgan fingerprint density at radius 3 is 2.38 bits per heavy atom. The molecule has 34 heavy (non-hydrogen) atoms. The van der Waals surface area contributed by atoms with E-state index in [0.29, 0.717) is 29.8 Å². The number of rotatable bonds is 5. The third-order valence-electron chi connectivity index (χ3n) is 11.4. The Hall–Kier alpha value is -0.453. The molecule has 0 aromatic carbocycles. The molecule has 2 nitrogen and oxygen atoms in total. The summed E-state index contributed by atoms with van der Waals surface area (Å²) in [6.45, 7) is 18.6. The van der Waals surface area contributed by atoms with Crippen LogP contribution in [0, 0.1) is 34.5 Å². The standard InChI is InChI=1S/C30H51FO2Si/c1-9-10-20-17-21-18-22(33-34(7,8)28(2,3)4)13-15-29(21,5)25-14-16-30(6)23(26(31)19-32)11-12-24(30)27(20)25/h17,20,22,24-25,27,32H,9-16,18-19H2,1-8H3/t20-,22?,24+,25+,27+,29+,30-/m1/s1. The van der Waals surface area contributed by atoms with E-state index in [4.69, 9.17) is 4.43 Å². The summed E-state index contributed by atoms with van der Waals surface area (Å²) in [4.78, 5) is 0. The second-order valence-electron chi connectivity index (χ2n) is 14.1. The molecule has 0 amide bonds. The molecule has 0 spiro atoms. The van der Waals surface area contributed by atoms with Gasteiger partial charge >= 0.3 is 0 Å². The molecule has 0 radical (unpaired) electrons. The summed E-state index contributed by atoms with van der Waals surface area (Å²) in [6.07, 6.45) is 13.2. The molecule has 4 aliphatic rings. The number of hydrogen-bond donors (Lipinski definition) is 1. The maximum atomic E-state index is 14.7. The molecule has 1 N–H and O–H groups in total. The molecule has 3 saturated carbocycles. The first-order valence-electron chi connectivity index (χ1n) is 14.2. The Kier molecular flexibility index (Phi) is 7.15. The third kappa shape index (κ3) is 4.22. The van der Waals surface area contributed by atoms with Crippen LogP contribution in [0.5, 0.6) is 0 Å². The van der Waals surface area contributed by atoms with Gasteiger partial charge in [0.15, 0.2) is 8.32 Å². The monoisotopic (exact) mass is 490 g/mol.